The van der Waals surface area contributed by atoms with Crippen LogP contribution in [0.25, 0.3) is 0 Å². The summed E-state index contributed by atoms with van der Waals surface area (Å²) < 4.78 is 8.29. The zero-order valence-corrected chi connectivity index (χ0v) is 16.2. The van der Waals surface area contributed by atoms with Crippen LogP contribution in [0.3, 0.4) is 0 Å². The molecular weight excluding hydrogens is 394 g/mol. The summed E-state index contributed by atoms with van der Waals surface area (Å²) in [6.07, 6.45) is 3.05. The van der Waals surface area contributed by atoms with E-state index in [0.29, 0.717) is 6.54 Å². The van der Waals surface area contributed by atoms with Gasteiger partial charge in [0.05, 0.1) is 10.6 Å². The maximum absolute atomic E-state index is 12.5. The van der Waals surface area contributed by atoms with Crippen molar-refractivity contribution in [1.29, 1.82) is 0 Å². The Hall–Kier alpha value is -4.22. The van der Waals surface area contributed by atoms with Crippen LogP contribution < -0.4 is 15.4 Å². The lowest BCUT2D eigenvalue weighted by molar-refractivity contribution is -0.386. The molecular formula is C18H19N7O5. The second-order valence-electron chi connectivity index (χ2n) is 6.02. The van der Waals surface area contributed by atoms with E-state index in [1.165, 1.54) is 46.9 Å². The number of carbonyl (C=O) groups excluding carboxylic acids is 2. The topological polar surface area (TPSA) is 146 Å². The van der Waals surface area contributed by atoms with E-state index in [-0.39, 0.29) is 35.2 Å². The third kappa shape index (κ3) is 4.43. The molecule has 0 unspecified atom stereocenters. The van der Waals surface area contributed by atoms with Crippen LogP contribution in [0.4, 0.5) is 11.4 Å². The minimum absolute atomic E-state index is 0.0771. The first-order valence-electron chi connectivity index (χ1n) is 8.93. The van der Waals surface area contributed by atoms with Crippen molar-refractivity contribution in [1.82, 2.24) is 24.9 Å². The Bertz CT molecular complexity index is 1090. The lowest BCUT2D eigenvalue weighted by Crippen LogP contribution is -2.22. The highest BCUT2D eigenvalue weighted by Gasteiger charge is 2.19. The molecule has 2 aromatic heterocycles. The molecule has 0 fully saturated rings. The van der Waals surface area contributed by atoms with Crippen molar-refractivity contribution in [2.45, 2.75) is 20.2 Å². The molecule has 3 aromatic rings. The second-order valence-corrected chi connectivity index (χ2v) is 6.02. The number of aromatic nitrogens is 4. The maximum Gasteiger partial charge on any atom is 0.311 e. The number of nitro benzene ring substituents is 1. The minimum atomic E-state index is -0.544. The molecule has 0 saturated heterocycles. The number of para-hydroxylation sites is 2. The number of hydrogen-bond donors (Lipinski definition) is 2. The van der Waals surface area contributed by atoms with E-state index < -0.39 is 16.7 Å². The van der Waals surface area contributed by atoms with Crippen molar-refractivity contribution in [3.05, 3.63) is 64.2 Å². The molecule has 0 aliphatic heterocycles. The maximum atomic E-state index is 12.5. The van der Waals surface area contributed by atoms with Gasteiger partial charge in [0, 0.05) is 32.1 Å². The molecule has 0 aliphatic carbocycles. The van der Waals surface area contributed by atoms with Crippen LogP contribution >= 0.6 is 0 Å². The minimum Gasteiger partial charge on any atom is -0.464 e. The van der Waals surface area contributed by atoms with Crippen LogP contribution in [-0.4, -0.2) is 43.3 Å². The molecule has 0 aliphatic rings. The second kappa shape index (κ2) is 8.86. The fraction of sp³-hybridized carbons (Fsp3) is 0.222. The fourth-order valence-electron chi connectivity index (χ4n) is 2.57. The summed E-state index contributed by atoms with van der Waals surface area (Å²) in [7, 11) is 1.47. The predicted molar refractivity (Wildman–Crippen MR) is 105 cm³/mol. The molecule has 0 saturated carbocycles. The third-order valence-corrected chi connectivity index (χ3v) is 4.06. The molecule has 1 aromatic carbocycles. The highest BCUT2D eigenvalue weighted by atomic mass is 16.6. The van der Waals surface area contributed by atoms with Crippen LogP contribution in [0.5, 0.6) is 5.75 Å². The smallest absolute Gasteiger partial charge is 0.311 e. The van der Waals surface area contributed by atoms with Gasteiger partial charge in [-0.2, -0.15) is 10.2 Å². The summed E-state index contributed by atoms with van der Waals surface area (Å²) in [5.41, 5.74) is 0.254. The molecule has 2 N–H and O–H groups in total. The number of hydrogen-bond acceptors (Lipinski definition) is 7. The Kier molecular flexibility index (Phi) is 6.05. The average molecular weight is 413 g/mol. The van der Waals surface area contributed by atoms with Crippen LogP contribution in [0.1, 0.15) is 27.9 Å². The van der Waals surface area contributed by atoms with Crippen molar-refractivity contribution in [3.8, 4) is 5.75 Å². The van der Waals surface area contributed by atoms with E-state index in [4.69, 9.17) is 4.74 Å². The van der Waals surface area contributed by atoms with Gasteiger partial charge < -0.3 is 15.4 Å². The Labute approximate surface area is 170 Å². The summed E-state index contributed by atoms with van der Waals surface area (Å²) in [6.45, 7) is 2.25. The molecule has 0 spiro atoms. The largest absolute Gasteiger partial charge is 0.464 e. The Morgan fingerprint density at radius 3 is 2.63 bits per heavy atom. The number of carbonyl (C=O) groups is 2. The predicted octanol–water partition coefficient (Wildman–Crippen LogP) is 1.66. The monoisotopic (exact) mass is 413 g/mol. The Morgan fingerprint density at radius 1 is 1.17 bits per heavy atom. The Morgan fingerprint density at radius 2 is 1.93 bits per heavy atom. The van der Waals surface area contributed by atoms with Gasteiger partial charge in [-0.3, -0.25) is 24.4 Å². The lowest BCUT2D eigenvalue weighted by Gasteiger charge is -2.06. The van der Waals surface area contributed by atoms with Gasteiger partial charge in [0.25, 0.3) is 11.8 Å². The molecule has 0 atom stereocenters. The number of nitrogens with one attached hydrogen (secondary N) is 2. The summed E-state index contributed by atoms with van der Waals surface area (Å²) in [5, 5.41) is 24.4. The van der Waals surface area contributed by atoms with E-state index in [2.05, 4.69) is 20.8 Å². The van der Waals surface area contributed by atoms with Gasteiger partial charge in [-0.05, 0) is 19.1 Å². The fourth-order valence-corrected chi connectivity index (χ4v) is 2.57. The first-order valence-corrected chi connectivity index (χ1v) is 8.93. The first-order chi connectivity index (χ1) is 14.4. The van der Waals surface area contributed by atoms with Gasteiger partial charge in [0.15, 0.2) is 23.9 Å². The number of rotatable bonds is 8. The van der Waals surface area contributed by atoms with Crippen LogP contribution in [0.15, 0.2) is 42.7 Å². The van der Waals surface area contributed by atoms with Crippen molar-refractivity contribution in [2.75, 3.05) is 12.4 Å². The van der Waals surface area contributed by atoms with Crippen molar-refractivity contribution in [2.24, 2.45) is 0 Å². The SMILES string of the molecule is CCn1cc(NC(=O)c2ccn(COc3ccccc3[N+](=O)[O-])n2)c(C(=O)NC)n1. The molecule has 30 heavy (non-hydrogen) atoms. The Balaban J connectivity index is 1.70. The summed E-state index contributed by atoms with van der Waals surface area (Å²) in [6, 6.07) is 7.42. The van der Waals surface area contributed by atoms with E-state index in [0.717, 1.165) is 0 Å². The van der Waals surface area contributed by atoms with E-state index in [9.17, 15) is 19.7 Å². The molecule has 2 heterocycles. The number of nitro groups is 1. The van der Waals surface area contributed by atoms with E-state index in [1.807, 2.05) is 6.92 Å². The third-order valence-electron chi connectivity index (χ3n) is 4.06. The van der Waals surface area contributed by atoms with E-state index in [1.54, 1.807) is 12.3 Å². The van der Waals surface area contributed by atoms with Crippen LogP contribution in [-0.2, 0) is 13.3 Å². The quantitative estimate of drug-likeness (QED) is 0.422. The van der Waals surface area contributed by atoms with Gasteiger partial charge in [0.2, 0.25) is 0 Å². The normalized spacial score (nSPS) is 10.5. The van der Waals surface area contributed by atoms with Gasteiger partial charge in [-0.15, -0.1) is 0 Å². The highest BCUT2D eigenvalue weighted by molar-refractivity contribution is 6.07. The zero-order valence-electron chi connectivity index (χ0n) is 16.2. The van der Waals surface area contributed by atoms with Gasteiger partial charge in [-0.25, -0.2) is 4.68 Å². The number of amides is 2. The van der Waals surface area contributed by atoms with Gasteiger partial charge in [0.1, 0.15) is 0 Å². The van der Waals surface area contributed by atoms with Gasteiger partial charge >= 0.3 is 5.69 Å². The van der Waals surface area contributed by atoms with Crippen LogP contribution in [0.2, 0.25) is 0 Å². The number of ether oxygens (including phenoxy) is 1. The standard InChI is InChI=1S/C18H19N7O5/c1-3-23-10-13(16(22-23)18(27)19-2)20-17(26)12-8-9-24(21-12)11-30-15-7-5-4-6-14(15)25(28)29/h4-10H,3,11H2,1-2H3,(H,19,27)(H,20,26). The van der Waals surface area contributed by atoms with Crippen molar-refractivity contribution >= 4 is 23.2 Å². The zero-order chi connectivity index (χ0) is 21.7. The number of anilines is 1. The average Bonchev–Trinajstić information content (AvgIpc) is 3.39. The number of benzene rings is 1. The number of aryl methyl sites for hydroxylation is 1. The highest BCUT2D eigenvalue weighted by Crippen LogP contribution is 2.26. The summed E-state index contributed by atoms with van der Waals surface area (Å²) >= 11 is 0. The lowest BCUT2D eigenvalue weighted by atomic mass is 10.3. The summed E-state index contributed by atoms with van der Waals surface area (Å²) in [4.78, 5) is 35.0. The molecule has 156 valence electrons. The van der Waals surface area contributed by atoms with Crippen LogP contribution in [0, 0.1) is 10.1 Å². The summed E-state index contributed by atoms with van der Waals surface area (Å²) in [5.74, 6) is -0.882. The molecule has 12 heteroatoms. The van der Waals surface area contributed by atoms with Gasteiger partial charge in [-0.1, -0.05) is 12.1 Å². The van der Waals surface area contributed by atoms with Crippen molar-refractivity contribution in [3.63, 3.8) is 0 Å². The first kappa shape index (κ1) is 20.5. The van der Waals surface area contributed by atoms with E-state index >= 15 is 0 Å². The van der Waals surface area contributed by atoms with Crippen molar-refractivity contribution < 1.29 is 19.2 Å². The molecule has 3 rings (SSSR count). The molecule has 2 amide bonds. The molecule has 12 nitrogen and oxygen atoms in total. The molecule has 0 bridgehead atoms. The number of nitrogens with zero attached hydrogens (tertiary/aromatic N) is 5. The molecule has 0 radical (unpaired) electrons.